The van der Waals surface area contributed by atoms with E-state index in [0.29, 0.717) is 29.8 Å². The number of hydrazine groups is 1. The normalized spacial score (nSPS) is 38.6. The van der Waals surface area contributed by atoms with Gasteiger partial charge in [0.15, 0.2) is 0 Å². The molecule has 5 N–H and O–H groups in total. The number of alkyl halides is 1. The Bertz CT molecular complexity index is 680. The number of nitrogens with one attached hydrogen (secondary N) is 3. The van der Waals surface area contributed by atoms with Gasteiger partial charge < -0.3 is 16.0 Å². The predicted octanol–water partition coefficient (Wildman–Crippen LogP) is 2.75. The number of fused-ring (bicyclic) bond motifs is 1. The van der Waals surface area contributed by atoms with Crippen molar-refractivity contribution in [1.82, 2.24) is 26.0 Å². The van der Waals surface area contributed by atoms with Crippen molar-refractivity contribution < 1.29 is 4.79 Å². The largest absolute Gasteiger partial charge is 0.356 e. The second-order valence-electron chi connectivity index (χ2n) is 12.2. The van der Waals surface area contributed by atoms with E-state index in [1.807, 2.05) is 0 Å². The molecule has 0 aromatic rings. The quantitative estimate of drug-likeness (QED) is 0.357. The zero-order chi connectivity index (χ0) is 24.9. The molecule has 0 aromatic heterocycles. The lowest BCUT2D eigenvalue weighted by Gasteiger charge is -2.46. The summed E-state index contributed by atoms with van der Waals surface area (Å²) < 4.78 is 0. The van der Waals surface area contributed by atoms with Gasteiger partial charge in [-0.1, -0.05) is 19.3 Å². The highest BCUT2D eigenvalue weighted by atomic mass is 35.5. The van der Waals surface area contributed by atoms with E-state index in [-0.39, 0.29) is 23.4 Å². The van der Waals surface area contributed by atoms with Gasteiger partial charge in [-0.3, -0.25) is 15.5 Å². The van der Waals surface area contributed by atoms with Crippen LogP contribution in [0.5, 0.6) is 0 Å². The van der Waals surface area contributed by atoms with Gasteiger partial charge in [0, 0.05) is 62.0 Å². The highest BCUT2D eigenvalue weighted by molar-refractivity contribution is 6.20. The fourth-order valence-corrected chi connectivity index (χ4v) is 7.80. The molecule has 202 valence electrons. The summed E-state index contributed by atoms with van der Waals surface area (Å²) in [5.74, 6) is 2.40. The molecule has 1 amide bonds. The van der Waals surface area contributed by atoms with Gasteiger partial charge in [0.2, 0.25) is 5.91 Å². The molecule has 2 aliphatic carbocycles. The summed E-state index contributed by atoms with van der Waals surface area (Å²) in [6, 6.07) is 0.787. The minimum atomic E-state index is 0.0557. The summed E-state index contributed by atoms with van der Waals surface area (Å²) in [7, 11) is 2.20. The van der Waals surface area contributed by atoms with Crippen LogP contribution in [0, 0.1) is 29.6 Å². The summed E-state index contributed by atoms with van der Waals surface area (Å²) in [4.78, 5) is 16.0. The van der Waals surface area contributed by atoms with Crippen LogP contribution in [0.25, 0.3) is 0 Å². The molecule has 4 fully saturated rings. The number of halogens is 1. The SMILES string of the molecule is CC(C)N1NCC2C(C(=O)NCC3CCCCC3Cl)CC(C3CCCC(CN(C)CCN)C3)NC21. The van der Waals surface area contributed by atoms with E-state index in [2.05, 4.69) is 46.9 Å². The van der Waals surface area contributed by atoms with Gasteiger partial charge in [-0.15, -0.1) is 11.6 Å². The second kappa shape index (κ2) is 12.9. The van der Waals surface area contributed by atoms with E-state index in [9.17, 15) is 4.79 Å². The third-order valence-corrected chi connectivity index (χ3v) is 9.92. The maximum Gasteiger partial charge on any atom is 0.223 e. The maximum atomic E-state index is 13.6. The average molecular weight is 511 g/mol. The molecule has 8 heteroatoms. The summed E-state index contributed by atoms with van der Waals surface area (Å²) in [6.45, 7) is 8.91. The molecule has 4 aliphatic rings. The summed E-state index contributed by atoms with van der Waals surface area (Å²) in [5.41, 5.74) is 9.40. The Hall–Kier alpha value is -0.440. The third kappa shape index (κ3) is 6.91. The molecule has 2 saturated heterocycles. The van der Waals surface area contributed by atoms with Gasteiger partial charge in [-0.2, -0.15) is 0 Å². The summed E-state index contributed by atoms with van der Waals surface area (Å²) >= 11 is 6.60. The smallest absolute Gasteiger partial charge is 0.223 e. The second-order valence-corrected chi connectivity index (χ2v) is 12.8. The van der Waals surface area contributed by atoms with Crippen LogP contribution >= 0.6 is 11.6 Å². The third-order valence-electron chi connectivity index (χ3n) is 9.35. The van der Waals surface area contributed by atoms with Crippen molar-refractivity contribution in [1.29, 1.82) is 0 Å². The number of hydrogen-bond acceptors (Lipinski definition) is 6. The van der Waals surface area contributed by atoms with Gasteiger partial charge in [-0.25, -0.2) is 5.01 Å². The lowest BCUT2D eigenvalue weighted by atomic mass is 9.71. The minimum absolute atomic E-state index is 0.0557. The molecule has 4 rings (SSSR count). The van der Waals surface area contributed by atoms with Gasteiger partial charge in [-0.05, 0) is 77.2 Å². The van der Waals surface area contributed by atoms with E-state index in [1.54, 1.807) is 0 Å². The Morgan fingerprint density at radius 2 is 1.97 bits per heavy atom. The van der Waals surface area contributed by atoms with E-state index in [1.165, 1.54) is 38.5 Å². The van der Waals surface area contributed by atoms with Crippen molar-refractivity contribution in [2.45, 2.75) is 95.3 Å². The monoisotopic (exact) mass is 510 g/mol. The number of likely N-dealkylation sites (N-methyl/N-ethyl adjacent to an activating group) is 1. The Morgan fingerprint density at radius 3 is 2.71 bits per heavy atom. The maximum absolute atomic E-state index is 13.6. The Balaban J connectivity index is 1.42. The van der Waals surface area contributed by atoms with Crippen LogP contribution in [0.15, 0.2) is 0 Å². The molecule has 2 aliphatic heterocycles. The fraction of sp³-hybridized carbons (Fsp3) is 0.963. The first-order chi connectivity index (χ1) is 16.9. The molecule has 7 nitrogen and oxygen atoms in total. The highest BCUT2D eigenvalue weighted by Crippen LogP contribution is 2.40. The average Bonchev–Trinajstić information content (AvgIpc) is 3.27. The predicted molar refractivity (Wildman–Crippen MR) is 144 cm³/mol. The zero-order valence-electron chi connectivity index (χ0n) is 22.4. The molecular weight excluding hydrogens is 460 g/mol. The van der Waals surface area contributed by atoms with E-state index >= 15 is 0 Å². The molecule has 0 bridgehead atoms. The van der Waals surface area contributed by atoms with Crippen LogP contribution < -0.4 is 21.8 Å². The molecule has 35 heavy (non-hydrogen) atoms. The highest BCUT2D eigenvalue weighted by Gasteiger charge is 2.49. The van der Waals surface area contributed by atoms with Gasteiger partial charge >= 0.3 is 0 Å². The van der Waals surface area contributed by atoms with Gasteiger partial charge in [0.05, 0.1) is 6.17 Å². The molecule has 0 spiro atoms. The Morgan fingerprint density at radius 1 is 1.17 bits per heavy atom. The lowest BCUT2D eigenvalue weighted by Crippen LogP contribution is -2.62. The molecule has 8 atom stereocenters. The van der Waals surface area contributed by atoms with Crippen LogP contribution in [-0.2, 0) is 4.79 Å². The molecule has 8 unspecified atom stereocenters. The van der Waals surface area contributed by atoms with Crippen molar-refractivity contribution >= 4 is 17.5 Å². The van der Waals surface area contributed by atoms with Crippen molar-refractivity contribution in [3.8, 4) is 0 Å². The fourth-order valence-electron chi connectivity index (χ4n) is 7.43. The van der Waals surface area contributed by atoms with Crippen LogP contribution in [-0.4, -0.2) is 79.2 Å². The number of carbonyl (C=O) groups excluding carboxylic acids is 1. The number of rotatable bonds is 9. The van der Waals surface area contributed by atoms with E-state index in [4.69, 9.17) is 17.3 Å². The molecular formula is C27H51ClN6O. The minimum Gasteiger partial charge on any atom is -0.356 e. The van der Waals surface area contributed by atoms with Crippen molar-refractivity contribution in [2.75, 3.05) is 39.8 Å². The number of nitrogens with zero attached hydrogens (tertiary/aromatic N) is 2. The first-order valence-corrected chi connectivity index (χ1v) is 14.9. The van der Waals surface area contributed by atoms with Gasteiger partial charge in [0.25, 0.3) is 0 Å². The lowest BCUT2D eigenvalue weighted by molar-refractivity contribution is -0.129. The number of nitrogens with two attached hydrogens (primary N) is 1. The van der Waals surface area contributed by atoms with Crippen LogP contribution in [0.1, 0.15) is 71.6 Å². The number of amides is 1. The molecule has 0 aromatic carbocycles. The van der Waals surface area contributed by atoms with Crippen molar-refractivity contribution in [3.05, 3.63) is 0 Å². The van der Waals surface area contributed by atoms with Crippen molar-refractivity contribution in [3.63, 3.8) is 0 Å². The van der Waals surface area contributed by atoms with Gasteiger partial charge in [0.1, 0.15) is 0 Å². The van der Waals surface area contributed by atoms with Crippen LogP contribution in [0.2, 0.25) is 0 Å². The number of piperidine rings is 1. The summed E-state index contributed by atoms with van der Waals surface area (Å²) in [6.07, 6.45) is 11.0. The Kier molecular flexibility index (Phi) is 10.2. The summed E-state index contributed by atoms with van der Waals surface area (Å²) in [5, 5.41) is 9.98. The van der Waals surface area contributed by atoms with E-state index < -0.39 is 0 Å². The van der Waals surface area contributed by atoms with Crippen LogP contribution in [0.3, 0.4) is 0 Å². The molecule has 0 radical (unpaired) electrons. The first kappa shape index (κ1) is 27.6. The number of hydrogen-bond donors (Lipinski definition) is 4. The standard InChI is InChI=1S/C27H51ClN6O/c1-18(2)34-26-23(16-31-34)22(27(35)30-15-21-8-4-5-10-24(21)28)14-25(32-26)20-9-6-7-19(13-20)17-33(3)12-11-29/h18-26,31-32H,4-17,29H2,1-3H3,(H,30,35). The molecule has 2 saturated carbocycles. The van der Waals surface area contributed by atoms with Crippen molar-refractivity contribution in [2.24, 2.45) is 35.3 Å². The van der Waals surface area contributed by atoms with E-state index in [0.717, 1.165) is 57.9 Å². The zero-order valence-corrected chi connectivity index (χ0v) is 23.1. The number of carbonyl (C=O) groups is 1. The van der Waals surface area contributed by atoms with Crippen LogP contribution in [0.4, 0.5) is 0 Å². The molecule has 2 heterocycles. The Labute approximate surface area is 218 Å². The first-order valence-electron chi connectivity index (χ1n) is 14.5. The topological polar surface area (TPSA) is 85.7 Å².